The molecule has 1 unspecified atom stereocenters. The minimum absolute atomic E-state index is 0.0664. The highest BCUT2D eigenvalue weighted by Gasteiger charge is 2.08. The van der Waals surface area contributed by atoms with Gasteiger partial charge in [-0.1, -0.05) is 40.0 Å². The van der Waals surface area contributed by atoms with Crippen LogP contribution in [0.3, 0.4) is 0 Å². The largest absolute Gasteiger partial charge is 0.379 e. The van der Waals surface area contributed by atoms with E-state index in [0.29, 0.717) is 13.0 Å². The van der Waals surface area contributed by atoms with Crippen LogP contribution in [0.5, 0.6) is 0 Å². The monoisotopic (exact) mass is 244 g/mol. The van der Waals surface area contributed by atoms with Crippen molar-refractivity contribution in [2.75, 3.05) is 19.8 Å². The van der Waals surface area contributed by atoms with Gasteiger partial charge in [-0.2, -0.15) is 0 Å². The first-order valence-corrected chi connectivity index (χ1v) is 6.95. The van der Waals surface area contributed by atoms with E-state index in [1.54, 1.807) is 0 Å². The Balaban J connectivity index is 3.44. The predicted molar refractivity (Wildman–Crippen MR) is 70.3 cm³/mol. The molecule has 3 heteroatoms. The molecule has 0 amide bonds. The number of unbranched alkanes of at least 4 members (excludes halogenated alkanes) is 3. The van der Waals surface area contributed by atoms with Gasteiger partial charge in [-0.25, -0.2) is 0 Å². The molecular weight excluding hydrogens is 216 g/mol. The number of carbonyl (C=O) groups is 1. The SMILES string of the molecule is CCCCCCOCC(CC)OCC(=O)CC. The molecule has 3 nitrogen and oxygen atoms in total. The van der Waals surface area contributed by atoms with Gasteiger partial charge in [0.25, 0.3) is 0 Å². The van der Waals surface area contributed by atoms with Crippen LogP contribution in [-0.4, -0.2) is 31.7 Å². The molecule has 0 aliphatic carbocycles. The molecule has 0 aromatic rings. The Hall–Kier alpha value is -0.410. The van der Waals surface area contributed by atoms with E-state index in [1.165, 1.54) is 19.3 Å². The molecule has 17 heavy (non-hydrogen) atoms. The van der Waals surface area contributed by atoms with Crippen molar-refractivity contribution in [3.8, 4) is 0 Å². The van der Waals surface area contributed by atoms with Crippen molar-refractivity contribution in [3.05, 3.63) is 0 Å². The van der Waals surface area contributed by atoms with E-state index in [9.17, 15) is 4.79 Å². The third-order valence-corrected chi connectivity index (χ3v) is 2.78. The van der Waals surface area contributed by atoms with Gasteiger partial charge in [0.2, 0.25) is 0 Å². The molecule has 0 rings (SSSR count). The molecule has 0 saturated heterocycles. The maximum atomic E-state index is 11.1. The number of carbonyl (C=O) groups excluding carboxylic acids is 1. The van der Waals surface area contributed by atoms with Gasteiger partial charge in [0.1, 0.15) is 6.61 Å². The standard InChI is InChI=1S/C14H28O3/c1-4-7-8-9-10-16-12-14(6-3)17-11-13(15)5-2/h14H,4-12H2,1-3H3. The first kappa shape index (κ1) is 16.6. The van der Waals surface area contributed by atoms with Crippen molar-refractivity contribution in [1.82, 2.24) is 0 Å². The van der Waals surface area contributed by atoms with Crippen molar-refractivity contribution in [1.29, 1.82) is 0 Å². The molecule has 0 bridgehead atoms. The van der Waals surface area contributed by atoms with Gasteiger partial charge in [-0.15, -0.1) is 0 Å². The van der Waals surface area contributed by atoms with Crippen LogP contribution in [0.1, 0.15) is 59.3 Å². The summed E-state index contributed by atoms with van der Waals surface area (Å²) in [4.78, 5) is 11.1. The molecule has 1 atom stereocenters. The van der Waals surface area contributed by atoms with E-state index in [0.717, 1.165) is 19.4 Å². The van der Waals surface area contributed by atoms with Crippen LogP contribution in [-0.2, 0) is 14.3 Å². The number of Topliss-reactive ketones (excluding diaryl/α,β-unsaturated/α-hetero) is 1. The van der Waals surface area contributed by atoms with Gasteiger partial charge in [0.15, 0.2) is 5.78 Å². The maximum absolute atomic E-state index is 11.1. The zero-order valence-corrected chi connectivity index (χ0v) is 11.7. The summed E-state index contributed by atoms with van der Waals surface area (Å²) in [6.45, 7) is 7.76. The highest BCUT2D eigenvalue weighted by atomic mass is 16.5. The van der Waals surface area contributed by atoms with Crippen molar-refractivity contribution in [2.45, 2.75) is 65.4 Å². The molecule has 0 aliphatic rings. The molecular formula is C14H28O3. The topological polar surface area (TPSA) is 35.5 Å². The van der Waals surface area contributed by atoms with Crippen LogP contribution in [0.2, 0.25) is 0 Å². The lowest BCUT2D eigenvalue weighted by atomic mass is 10.2. The minimum Gasteiger partial charge on any atom is -0.379 e. The number of ketones is 1. The van der Waals surface area contributed by atoms with Crippen LogP contribution in [0.25, 0.3) is 0 Å². The Morgan fingerprint density at radius 3 is 2.47 bits per heavy atom. The summed E-state index contributed by atoms with van der Waals surface area (Å²) < 4.78 is 11.1. The Morgan fingerprint density at radius 1 is 1.12 bits per heavy atom. The van der Waals surface area contributed by atoms with Gasteiger partial charge in [0.05, 0.1) is 12.7 Å². The molecule has 0 fully saturated rings. The molecule has 0 aliphatic heterocycles. The Morgan fingerprint density at radius 2 is 1.88 bits per heavy atom. The zero-order valence-electron chi connectivity index (χ0n) is 11.7. The number of rotatable bonds is 12. The molecule has 102 valence electrons. The van der Waals surface area contributed by atoms with E-state index < -0.39 is 0 Å². The van der Waals surface area contributed by atoms with E-state index in [4.69, 9.17) is 9.47 Å². The van der Waals surface area contributed by atoms with Crippen molar-refractivity contribution >= 4 is 5.78 Å². The molecule has 0 aromatic carbocycles. The molecule has 0 spiro atoms. The van der Waals surface area contributed by atoms with Crippen LogP contribution in [0.4, 0.5) is 0 Å². The van der Waals surface area contributed by atoms with E-state index in [-0.39, 0.29) is 18.5 Å². The maximum Gasteiger partial charge on any atom is 0.158 e. The van der Waals surface area contributed by atoms with Crippen LogP contribution in [0, 0.1) is 0 Å². The summed E-state index contributed by atoms with van der Waals surface area (Å²) in [6, 6.07) is 0. The second-order valence-electron chi connectivity index (χ2n) is 4.37. The third-order valence-electron chi connectivity index (χ3n) is 2.78. The lowest BCUT2D eigenvalue weighted by Gasteiger charge is -2.15. The van der Waals surface area contributed by atoms with Crippen molar-refractivity contribution in [3.63, 3.8) is 0 Å². The van der Waals surface area contributed by atoms with Crippen molar-refractivity contribution < 1.29 is 14.3 Å². The van der Waals surface area contributed by atoms with Crippen LogP contribution >= 0.6 is 0 Å². The summed E-state index contributed by atoms with van der Waals surface area (Å²) >= 11 is 0. The van der Waals surface area contributed by atoms with Crippen molar-refractivity contribution in [2.24, 2.45) is 0 Å². The smallest absolute Gasteiger partial charge is 0.158 e. The predicted octanol–water partition coefficient (Wildman–Crippen LogP) is 3.36. The Kier molecular flexibility index (Phi) is 11.8. The van der Waals surface area contributed by atoms with E-state index in [2.05, 4.69) is 13.8 Å². The summed E-state index contributed by atoms with van der Waals surface area (Å²) in [7, 11) is 0. The first-order valence-electron chi connectivity index (χ1n) is 6.95. The molecule has 0 aromatic heterocycles. The fourth-order valence-electron chi connectivity index (χ4n) is 1.44. The van der Waals surface area contributed by atoms with Gasteiger partial charge >= 0.3 is 0 Å². The third kappa shape index (κ3) is 10.5. The molecule has 0 heterocycles. The summed E-state index contributed by atoms with van der Waals surface area (Å²) in [5, 5.41) is 0. The molecule has 0 saturated carbocycles. The minimum atomic E-state index is 0.0664. The normalized spacial score (nSPS) is 12.6. The number of ether oxygens (including phenoxy) is 2. The number of hydrogen-bond acceptors (Lipinski definition) is 3. The fraction of sp³-hybridized carbons (Fsp3) is 0.929. The zero-order chi connectivity index (χ0) is 12.9. The van der Waals surface area contributed by atoms with E-state index in [1.807, 2.05) is 6.92 Å². The van der Waals surface area contributed by atoms with Gasteiger partial charge in [-0.05, 0) is 12.8 Å². The molecule has 0 N–H and O–H groups in total. The second-order valence-corrected chi connectivity index (χ2v) is 4.37. The van der Waals surface area contributed by atoms with Gasteiger partial charge in [0, 0.05) is 13.0 Å². The second kappa shape index (κ2) is 12.1. The number of hydrogen-bond donors (Lipinski definition) is 0. The fourth-order valence-corrected chi connectivity index (χ4v) is 1.44. The highest BCUT2D eigenvalue weighted by Crippen LogP contribution is 2.03. The van der Waals surface area contributed by atoms with Gasteiger partial charge < -0.3 is 9.47 Å². The summed E-state index contributed by atoms with van der Waals surface area (Å²) in [5.74, 6) is 0.159. The van der Waals surface area contributed by atoms with E-state index >= 15 is 0 Å². The summed E-state index contributed by atoms with van der Waals surface area (Å²) in [6.07, 6.45) is 6.40. The average Bonchev–Trinajstić information content (AvgIpc) is 2.36. The first-order chi connectivity index (χ1) is 8.24. The van der Waals surface area contributed by atoms with Gasteiger partial charge in [-0.3, -0.25) is 4.79 Å². The highest BCUT2D eigenvalue weighted by molar-refractivity contribution is 5.79. The summed E-state index contributed by atoms with van der Waals surface area (Å²) in [5.41, 5.74) is 0. The Labute approximate surface area is 106 Å². The van der Waals surface area contributed by atoms with Crippen LogP contribution in [0.15, 0.2) is 0 Å². The average molecular weight is 244 g/mol. The lowest BCUT2D eigenvalue weighted by Crippen LogP contribution is -2.22. The van der Waals surface area contributed by atoms with Crippen LogP contribution < -0.4 is 0 Å². The quantitative estimate of drug-likeness (QED) is 0.494. The molecule has 0 radical (unpaired) electrons. The lowest BCUT2D eigenvalue weighted by molar-refractivity contribution is -0.126. The Bertz CT molecular complexity index is 180.